The molecule has 1 saturated carbocycles. The van der Waals surface area contributed by atoms with Gasteiger partial charge in [0, 0.05) is 16.1 Å². The molecule has 0 bridgehead atoms. The van der Waals surface area contributed by atoms with Gasteiger partial charge in [0.25, 0.3) is 0 Å². The van der Waals surface area contributed by atoms with E-state index in [1.807, 2.05) is 0 Å². The minimum atomic E-state index is -3.56. The van der Waals surface area contributed by atoms with Gasteiger partial charge in [0.05, 0.1) is 4.90 Å². The van der Waals surface area contributed by atoms with Gasteiger partial charge in [-0.15, -0.1) is 0 Å². The highest BCUT2D eigenvalue weighted by molar-refractivity contribution is 7.89. The second-order valence-electron chi connectivity index (χ2n) is 5.60. The van der Waals surface area contributed by atoms with Gasteiger partial charge >= 0.3 is 0 Å². The van der Waals surface area contributed by atoms with Crippen LogP contribution in [0.3, 0.4) is 0 Å². The Morgan fingerprint density at radius 3 is 2.35 bits per heavy atom. The number of benzene rings is 1. The number of hydrogen-bond donors (Lipinski definition) is 2. The van der Waals surface area contributed by atoms with Crippen molar-refractivity contribution in [3.8, 4) is 0 Å². The highest BCUT2D eigenvalue weighted by atomic mass is 35.5. The molecule has 0 aromatic heterocycles. The van der Waals surface area contributed by atoms with Crippen LogP contribution in [0.5, 0.6) is 0 Å². The van der Waals surface area contributed by atoms with Gasteiger partial charge in [-0.1, -0.05) is 23.2 Å². The van der Waals surface area contributed by atoms with Crippen LogP contribution in [0, 0.1) is 5.41 Å². The van der Waals surface area contributed by atoms with Gasteiger partial charge in [0.15, 0.2) is 0 Å². The number of sulfonamides is 1. The molecule has 20 heavy (non-hydrogen) atoms. The smallest absolute Gasteiger partial charge is 0.240 e. The van der Waals surface area contributed by atoms with Crippen molar-refractivity contribution in [3.63, 3.8) is 0 Å². The number of halogens is 2. The molecule has 0 amide bonds. The van der Waals surface area contributed by atoms with Crippen LogP contribution in [0.4, 0.5) is 0 Å². The largest absolute Gasteiger partial charge is 0.317 e. The molecule has 1 saturated heterocycles. The summed E-state index contributed by atoms with van der Waals surface area (Å²) in [7, 11) is -3.56. The minimum Gasteiger partial charge on any atom is -0.317 e. The third kappa shape index (κ3) is 2.83. The molecule has 0 radical (unpaired) electrons. The van der Waals surface area contributed by atoms with Crippen molar-refractivity contribution in [2.45, 2.75) is 30.2 Å². The summed E-state index contributed by atoms with van der Waals surface area (Å²) in [5.41, 5.74) is 0.153. The zero-order valence-corrected chi connectivity index (χ0v) is 13.2. The molecular weight excluding hydrogens is 319 g/mol. The summed E-state index contributed by atoms with van der Waals surface area (Å²) in [5, 5.41) is 3.95. The van der Waals surface area contributed by atoms with E-state index in [0.29, 0.717) is 10.0 Å². The van der Waals surface area contributed by atoms with Crippen molar-refractivity contribution in [2.75, 3.05) is 13.1 Å². The van der Waals surface area contributed by atoms with E-state index in [-0.39, 0.29) is 16.4 Å². The maximum Gasteiger partial charge on any atom is 0.240 e. The number of nitrogens with one attached hydrogen (secondary N) is 2. The van der Waals surface area contributed by atoms with Gasteiger partial charge < -0.3 is 5.32 Å². The van der Waals surface area contributed by atoms with Crippen LogP contribution in [0.1, 0.15) is 19.3 Å². The molecule has 1 atom stereocenters. The van der Waals surface area contributed by atoms with Crippen molar-refractivity contribution < 1.29 is 8.42 Å². The molecule has 1 unspecified atom stereocenters. The van der Waals surface area contributed by atoms with Gasteiger partial charge in [-0.25, -0.2) is 13.1 Å². The van der Waals surface area contributed by atoms with Gasteiger partial charge in [-0.2, -0.15) is 0 Å². The Hall–Kier alpha value is -0.330. The van der Waals surface area contributed by atoms with Crippen LogP contribution in [0.2, 0.25) is 10.0 Å². The molecule has 1 heterocycles. The van der Waals surface area contributed by atoms with Gasteiger partial charge in [0.2, 0.25) is 10.0 Å². The van der Waals surface area contributed by atoms with Crippen LogP contribution in [-0.4, -0.2) is 27.5 Å². The van der Waals surface area contributed by atoms with Crippen molar-refractivity contribution in [1.29, 1.82) is 0 Å². The second kappa shape index (κ2) is 5.14. The number of hydrogen-bond acceptors (Lipinski definition) is 3. The molecule has 7 heteroatoms. The second-order valence-corrected chi connectivity index (χ2v) is 8.18. The summed E-state index contributed by atoms with van der Waals surface area (Å²) in [5.74, 6) is 0. The first-order valence-electron chi connectivity index (χ1n) is 6.60. The van der Waals surface area contributed by atoms with Crippen molar-refractivity contribution in [2.24, 2.45) is 5.41 Å². The fraction of sp³-hybridized carbons (Fsp3) is 0.538. The van der Waals surface area contributed by atoms with Crippen LogP contribution in [-0.2, 0) is 10.0 Å². The first-order chi connectivity index (χ1) is 9.41. The standard InChI is InChI=1S/C13H16Cl2N2O2S/c14-9-5-10(15)7-11(6-9)20(18,19)17-12-8-13(12)1-3-16-4-2-13/h5-7,12,16-17H,1-4,8H2. The van der Waals surface area contributed by atoms with Crippen molar-refractivity contribution in [1.82, 2.24) is 10.0 Å². The van der Waals surface area contributed by atoms with Gasteiger partial charge in [-0.3, -0.25) is 0 Å². The van der Waals surface area contributed by atoms with Crippen LogP contribution >= 0.6 is 23.2 Å². The maximum absolute atomic E-state index is 12.4. The average molecular weight is 335 g/mol. The van der Waals surface area contributed by atoms with Gasteiger partial charge in [-0.05, 0) is 56.0 Å². The van der Waals surface area contributed by atoms with Crippen molar-refractivity contribution >= 4 is 33.2 Å². The Morgan fingerprint density at radius 2 is 1.75 bits per heavy atom. The highest BCUT2D eigenvalue weighted by Gasteiger charge is 2.55. The molecule has 2 aliphatic rings. The SMILES string of the molecule is O=S(=O)(NC1CC12CCNCC2)c1cc(Cl)cc(Cl)c1. The Labute approximate surface area is 128 Å². The van der Waals surface area contributed by atoms with Crippen LogP contribution in [0.15, 0.2) is 23.1 Å². The first-order valence-corrected chi connectivity index (χ1v) is 8.84. The molecule has 2 N–H and O–H groups in total. The summed E-state index contributed by atoms with van der Waals surface area (Å²) < 4.78 is 27.5. The summed E-state index contributed by atoms with van der Waals surface area (Å²) >= 11 is 11.7. The van der Waals surface area contributed by atoms with Crippen LogP contribution in [0.25, 0.3) is 0 Å². The minimum absolute atomic E-state index is 0.0346. The van der Waals surface area contributed by atoms with Crippen LogP contribution < -0.4 is 10.0 Å². The lowest BCUT2D eigenvalue weighted by Gasteiger charge is -2.23. The normalized spacial score (nSPS) is 24.8. The molecule has 1 aromatic rings. The third-order valence-electron chi connectivity index (χ3n) is 4.23. The van der Waals surface area contributed by atoms with E-state index in [1.54, 1.807) is 0 Å². The van der Waals surface area contributed by atoms with E-state index in [1.165, 1.54) is 18.2 Å². The Balaban J connectivity index is 1.76. The molecule has 2 fully saturated rings. The summed E-state index contributed by atoms with van der Waals surface area (Å²) in [6, 6.07) is 4.40. The molecule has 110 valence electrons. The molecular formula is C13H16Cl2N2O2S. The number of rotatable bonds is 3. The fourth-order valence-corrected chi connectivity index (χ4v) is 4.99. The quantitative estimate of drug-likeness (QED) is 0.892. The highest BCUT2D eigenvalue weighted by Crippen LogP contribution is 2.53. The van der Waals surface area contributed by atoms with E-state index in [2.05, 4.69) is 10.0 Å². The average Bonchev–Trinajstić information content (AvgIpc) is 2.99. The van der Waals surface area contributed by atoms with Crippen molar-refractivity contribution in [3.05, 3.63) is 28.2 Å². The van der Waals surface area contributed by atoms with E-state index < -0.39 is 10.0 Å². The topological polar surface area (TPSA) is 58.2 Å². The fourth-order valence-electron chi connectivity index (χ4n) is 2.93. The van der Waals surface area contributed by atoms with E-state index in [4.69, 9.17) is 23.2 Å². The van der Waals surface area contributed by atoms with E-state index in [0.717, 1.165) is 32.4 Å². The molecule has 1 aliphatic carbocycles. The van der Waals surface area contributed by atoms with E-state index in [9.17, 15) is 8.42 Å². The lowest BCUT2D eigenvalue weighted by Crippen LogP contribution is -2.36. The molecule has 1 spiro atoms. The Bertz CT molecular complexity index is 607. The predicted octanol–water partition coefficient (Wildman–Crippen LogP) is 2.41. The number of piperidine rings is 1. The lowest BCUT2D eigenvalue weighted by molar-refractivity contribution is 0.337. The predicted molar refractivity (Wildman–Crippen MR) is 79.7 cm³/mol. The Kier molecular flexibility index (Phi) is 3.75. The zero-order valence-electron chi connectivity index (χ0n) is 10.8. The third-order valence-corrected chi connectivity index (χ3v) is 6.12. The zero-order chi connectivity index (χ0) is 14.4. The lowest BCUT2D eigenvalue weighted by atomic mass is 9.94. The Morgan fingerprint density at radius 1 is 1.15 bits per heavy atom. The first kappa shape index (κ1) is 14.6. The van der Waals surface area contributed by atoms with E-state index >= 15 is 0 Å². The summed E-state index contributed by atoms with van der Waals surface area (Å²) in [6.45, 7) is 1.92. The molecule has 1 aromatic carbocycles. The molecule has 4 nitrogen and oxygen atoms in total. The molecule has 3 rings (SSSR count). The van der Waals surface area contributed by atoms with Gasteiger partial charge in [0.1, 0.15) is 0 Å². The molecule has 1 aliphatic heterocycles. The summed E-state index contributed by atoms with van der Waals surface area (Å²) in [4.78, 5) is 0.131. The summed E-state index contributed by atoms with van der Waals surface area (Å²) in [6.07, 6.45) is 2.97. The monoisotopic (exact) mass is 334 g/mol. The maximum atomic E-state index is 12.4.